The summed E-state index contributed by atoms with van der Waals surface area (Å²) in [7, 11) is 0. The Bertz CT molecular complexity index is 210. The summed E-state index contributed by atoms with van der Waals surface area (Å²) in [5.74, 6) is 0. The Kier molecular flexibility index (Phi) is 10.5. The molecule has 0 aliphatic carbocycles. The molecule has 0 aliphatic rings. The Labute approximate surface area is 118 Å². The molecule has 0 bridgehead atoms. The molecule has 2 N–H and O–H groups in total. The maximum Gasteiger partial charge on any atom is 0.0703 e. The van der Waals surface area contributed by atoms with Gasteiger partial charge in [0.05, 0.1) is 25.9 Å². The molecule has 0 saturated carbocycles. The van der Waals surface area contributed by atoms with E-state index in [1.807, 2.05) is 13.8 Å². The van der Waals surface area contributed by atoms with Crippen LogP contribution in [0.3, 0.4) is 0 Å². The zero-order valence-corrected chi connectivity index (χ0v) is 13.4. The Balaban J connectivity index is 3.51. The molecular weight excluding hydrogens is 242 g/mol. The summed E-state index contributed by atoms with van der Waals surface area (Å²) in [5.41, 5.74) is -0.172. The van der Waals surface area contributed by atoms with Gasteiger partial charge in [0.1, 0.15) is 0 Å². The van der Waals surface area contributed by atoms with Crippen molar-refractivity contribution >= 4 is 0 Å². The minimum atomic E-state index is -0.172. The number of hydrogen-bond donors (Lipinski definition) is 2. The molecule has 0 heterocycles. The van der Waals surface area contributed by atoms with E-state index < -0.39 is 0 Å². The highest BCUT2D eigenvalue weighted by molar-refractivity contribution is 4.83. The Hall–Kier alpha value is -0.160. The number of aliphatic hydroxyl groups is 1. The van der Waals surface area contributed by atoms with E-state index in [2.05, 4.69) is 26.1 Å². The van der Waals surface area contributed by atoms with Crippen molar-refractivity contribution in [1.82, 2.24) is 5.32 Å². The van der Waals surface area contributed by atoms with Gasteiger partial charge in [-0.25, -0.2) is 0 Å². The van der Waals surface area contributed by atoms with Gasteiger partial charge in [0.15, 0.2) is 0 Å². The van der Waals surface area contributed by atoms with Crippen LogP contribution in [-0.2, 0) is 9.47 Å². The van der Waals surface area contributed by atoms with Crippen molar-refractivity contribution in [2.45, 2.75) is 71.6 Å². The second-order valence-electron chi connectivity index (χ2n) is 6.01. The van der Waals surface area contributed by atoms with Crippen LogP contribution in [0.15, 0.2) is 0 Å². The Morgan fingerprint density at radius 3 is 2.26 bits per heavy atom. The van der Waals surface area contributed by atoms with E-state index in [-0.39, 0.29) is 18.2 Å². The summed E-state index contributed by atoms with van der Waals surface area (Å²) >= 11 is 0. The molecule has 0 aromatic carbocycles. The first-order valence-electron chi connectivity index (χ1n) is 7.47. The molecular formula is C15H33NO3. The maximum absolute atomic E-state index is 9.45. The Morgan fingerprint density at radius 1 is 1.05 bits per heavy atom. The summed E-state index contributed by atoms with van der Waals surface area (Å²) in [6.45, 7) is 12.6. The molecule has 0 aromatic heterocycles. The lowest BCUT2D eigenvalue weighted by Crippen LogP contribution is -2.49. The monoisotopic (exact) mass is 275 g/mol. The minimum absolute atomic E-state index is 0.172. The molecule has 0 saturated heterocycles. The van der Waals surface area contributed by atoms with Gasteiger partial charge < -0.3 is 19.9 Å². The third-order valence-electron chi connectivity index (χ3n) is 2.93. The third kappa shape index (κ3) is 11.4. The fourth-order valence-electron chi connectivity index (χ4n) is 2.06. The molecule has 4 nitrogen and oxygen atoms in total. The molecule has 116 valence electrons. The summed E-state index contributed by atoms with van der Waals surface area (Å²) in [4.78, 5) is 0. The second kappa shape index (κ2) is 10.6. The van der Waals surface area contributed by atoms with Crippen LogP contribution in [0.25, 0.3) is 0 Å². The van der Waals surface area contributed by atoms with E-state index in [0.717, 1.165) is 25.9 Å². The average Bonchev–Trinajstić information content (AvgIpc) is 2.31. The van der Waals surface area contributed by atoms with Gasteiger partial charge in [0, 0.05) is 18.2 Å². The standard InChI is InChI=1S/C15H33NO3/c1-13(2)16-15(5,12-17)8-6-7-9-18-10-11-19-14(3)4/h13-14,16-17H,6-12H2,1-5H3. The predicted molar refractivity (Wildman–Crippen MR) is 79.5 cm³/mol. The molecule has 1 unspecified atom stereocenters. The molecule has 0 amide bonds. The fourth-order valence-corrected chi connectivity index (χ4v) is 2.06. The van der Waals surface area contributed by atoms with E-state index in [4.69, 9.17) is 9.47 Å². The molecule has 0 rings (SSSR count). The number of nitrogens with one attached hydrogen (secondary N) is 1. The van der Waals surface area contributed by atoms with Crippen LogP contribution in [-0.4, -0.2) is 49.2 Å². The van der Waals surface area contributed by atoms with Crippen LogP contribution in [0.4, 0.5) is 0 Å². The van der Waals surface area contributed by atoms with Gasteiger partial charge in [0.25, 0.3) is 0 Å². The van der Waals surface area contributed by atoms with E-state index in [1.165, 1.54) is 0 Å². The topological polar surface area (TPSA) is 50.7 Å². The van der Waals surface area contributed by atoms with Gasteiger partial charge in [0.2, 0.25) is 0 Å². The largest absolute Gasteiger partial charge is 0.394 e. The molecule has 0 fully saturated rings. The normalized spacial score (nSPS) is 15.2. The van der Waals surface area contributed by atoms with Crippen molar-refractivity contribution in [3.05, 3.63) is 0 Å². The highest BCUT2D eigenvalue weighted by Gasteiger charge is 2.22. The number of unbranched alkanes of at least 4 members (excludes halogenated alkanes) is 1. The quantitative estimate of drug-likeness (QED) is 0.537. The van der Waals surface area contributed by atoms with Crippen molar-refractivity contribution in [1.29, 1.82) is 0 Å². The summed E-state index contributed by atoms with van der Waals surface area (Å²) in [6, 6.07) is 0.390. The van der Waals surface area contributed by atoms with Crippen molar-refractivity contribution in [2.75, 3.05) is 26.4 Å². The molecule has 0 aliphatic heterocycles. The predicted octanol–water partition coefficient (Wildman–Crippen LogP) is 2.35. The number of rotatable bonds is 12. The third-order valence-corrected chi connectivity index (χ3v) is 2.93. The first-order valence-corrected chi connectivity index (χ1v) is 7.47. The van der Waals surface area contributed by atoms with Crippen molar-refractivity contribution in [3.63, 3.8) is 0 Å². The molecule has 1 atom stereocenters. The SMILES string of the molecule is CC(C)NC(C)(CO)CCCCOCCOC(C)C. The van der Waals surface area contributed by atoms with Crippen LogP contribution in [0.1, 0.15) is 53.9 Å². The van der Waals surface area contributed by atoms with E-state index in [0.29, 0.717) is 19.3 Å². The van der Waals surface area contributed by atoms with Crippen molar-refractivity contribution in [2.24, 2.45) is 0 Å². The van der Waals surface area contributed by atoms with Gasteiger partial charge in [-0.3, -0.25) is 0 Å². The highest BCUT2D eigenvalue weighted by Crippen LogP contribution is 2.14. The number of hydrogen-bond acceptors (Lipinski definition) is 4. The number of ether oxygens (including phenoxy) is 2. The van der Waals surface area contributed by atoms with Crippen LogP contribution in [0.2, 0.25) is 0 Å². The van der Waals surface area contributed by atoms with Gasteiger partial charge in [-0.1, -0.05) is 13.8 Å². The lowest BCUT2D eigenvalue weighted by atomic mass is 9.95. The van der Waals surface area contributed by atoms with Gasteiger partial charge in [-0.15, -0.1) is 0 Å². The lowest BCUT2D eigenvalue weighted by Gasteiger charge is -2.31. The van der Waals surface area contributed by atoms with E-state index in [9.17, 15) is 5.11 Å². The summed E-state index contributed by atoms with van der Waals surface area (Å²) in [6.07, 6.45) is 3.32. The first-order chi connectivity index (χ1) is 8.89. The molecule has 19 heavy (non-hydrogen) atoms. The van der Waals surface area contributed by atoms with Crippen LogP contribution < -0.4 is 5.32 Å². The lowest BCUT2D eigenvalue weighted by molar-refractivity contribution is 0.0181. The summed E-state index contributed by atoms with van der Waals surface area (Å²) < 4.78 is 10.9. The van der Waals surface area contributed by atoms with E-state index >= 15 is 0 Å². The minimum Gasteiger partial charge on any atom is -0.394 e. The molecule has 0 aromatic rings. The molecule has 4 heteroatoms. The smallest absolute Gasteiger partial charge is 0.0703 e. The molecule has 0 radical (unpaired) electrons. The maximum atomic E-state index is 9.45. The van der Waals surface area contributed by atoms with Gasteiger partial charge in [-0.05, 0) is 40.0 Å². The van der Waals surface area contributed by atoms with Crippen LogP contribution in [0, 0.1) is 0 Å². The Morgan fingerprint density at radius 2 is 1.74 bits per heavy atom. The van der Waals surface area contributed by atoms with Crippen molar-refractivity contribution in [3.8, 4) is 0 Å². The second-order valence-corrected chi connectivity index (χ2v) is 6.01. The average molecular weight is 275 g/mol. The van der Waals surface area contributed by atoms with E-state index in [1.54, 1.807) is 0 Å². The van der Waals surface area contributed by atoms with Gasteiger partial charge in [-0.2, -0.15) is 0 Å². The summed E-state index contributed by atoms with van der Waals surface area (Å²) in [5, 5.41) is 12.9. The fraction of sp³-hybridized carbons (Fsp3) is 1.00. The zero-order valence-electron chi connectivity index (χ0n) is 13.4. The van der Waals surface area contributed by atoms with Crippen LogP contribution in [0.5, 0.6) is 0 Å². The molecule has 0 spiro atoms. The highest BCUT2D eigenvalue weighted by atomic mass is 16.5. The van der Waals surface area contributed by atoms with Gasteiger partial charge >= 0.3 is 0 Å². The van der Waals surface area contributed by atoms with Crippen LogP contribution >= 0.6 is 0 Å². The first kappa shape index (κ1) is 18.8. The zero-order chi connectivity index (χ0) is 14.7. The van der Waals surface area contributed by atoms with Crippen molar-refractivity contribution < 1.29 is 14.6 Å². The number of aliphatic hydroxyl groups excluding tert-OH is 1.